The number of phenolic OH excluding ortho intramolecular Hbond substituents is 1. The van der Waals surface area contributed by atoms with Crippen LogP contribution < -0.4 is 0 Å². The molecule has 86 valence electrons. The molecule has 1 N–H and O–H groups in total. The van der Waals surface area contributed by atoms with Gasteiger partial charge in [0.2, 0.25) is 0 Å². The summed E-state index contributed by atoms with van der Waals surface area (Å²) < 4.78 is 0. The summed E-state index contributed by atoms with van der Waals surface area (Å²) >= 11 is 0. The molecule has 1 aliphatic rings. The van der Waals surface area contributed by atoms with E-state index in [1.165, 1.54) is 23.1 Å². The van der Waals surface area contributed by atoms with Crippen LogP contribution in [0.3, 0.4) is 0 Å². The molecule has 16 heavy (non-hydrogen) atoms. The van der Waals surface area contributed by atoms with Crippen molar-refractivity contribution in [2.24, 2.45) is 0 Å². The molecule has 2 rings (SSSR count). The van der Waals surface area contributed by atoms with Gasteiger partial charge in [0.1, 0.15) is 5.75 Å². The van der Waals surface area contributed by atoms with Crippen LogP contribution >= 0.6 is 0 Å². The molecule has 1 aromatic carbocycles. The topological polar surface area (TPSA) is 20.2 Å². The predicted molar refractivity (Wildman–Crippen MR) is 68.0 cm³/mol. The number of aryl methyl sites for hydroxylation is 1. The van der Waals surface area contributed by atoms with E-state index in [1.807, 2.05) is 13.0 Å². The fourth-order valence-corrected chi connectivity index (χ4v) is 2.68. The Bertz CT molecular complexity index is 439. The normalized spacial score (nSPS) is 23.0. The number of rotatable bonds is 1. The highest BCUT2D eigenvalue weighted by atomic mass is 16.3. The van der Waals surface area contributed by atoms with E-state index in [4.69, 9.17) is 0 Å². The van der Waals surface area contributed by atoms with E-state index in [-0.39, 0.29) is 0 Å². The van der Waals surface area contributed by atoms with Gasteiger partial charge in [0, 0.05) is 5.92 Å². The third-order valence-corrected chi connectivity index (χ3v) is 3.47. The first-order chi connectivity index (χ1) is 7.49. The first-order valence-corrected chi connectivity index (χ1v) is 5.97. The van der Waals surface area contributed by atoms with Gasteiger partial charge in [-0.1, -0.05) is 24.6 Å². The molecule has 0 heterocycles. The average Bonchev–Trinajstić information content (AvgIpc) is 2.44. The van der Waals surface area contributed by atoms with Crippen LogP contribution in [0.5, 0.6) is 5.75 Å². The average molecular weight is 216 g/mol. The maximum Gasteiger partial charge on any atom is 0.118 e. The van der Waals surface area contributed by atoms with Crippen LogP contribution in [0.4, 0.5) is 0 Å². The van der Waals surface area contributed by atoms with Crippen LogP contribution in [0.2, 0.25) is 0 Å². The molecule has 0 aliphatic heterocycles. The molecule has 1 nitrogen and oxygen atoms in total. The molecule has 0 spiro atoms. The van der Waals surface area contributed by atoms with Crippen molar-refractivity contribution in [3.05, 3.63) is 40.5 Å². The maximum atomic E-state index is 9.75. The lowest BCUT2D eigenvalue weighted by Gasteiger charge is -2.09. The molecule has 1 aliphatic carbocycles. The Kier molecular flexibility index (Phi) is 2.79. The Morgan fingerprint density at radius 1 is 1.31 bits per heavy atom. The van der Waals surface area contributed by atoms with Crippen LogP contribution in [0.25, 0.3) is 0 Å². The summed E-state index contributed by atoms with van der Waals surface area (Å²) in [6.45, 7) is 8.51. The molecule has 0 radical (unpaired) electrons. The lowest BCUT2D eigenvalue weighted by Crippen LogP contribution is -1.91. The van der Waals surface area contributed by atoms with Crippen LogP contribution in [0.15, 0.2) is 23.8 Å². The summed E-state index contributed by atoms with van der Waals surface area (Å²) in [4.78, 5) is 0. The van der Waals surface area contributed by atoms with Crippen LogP contribution in [-0.2, 0) is 0 Å². The highest BCUT2D eigenvalue weighted by molar-refractivity contribution is 5.48. The van der Waals surface area contributed by atoms with Gasteiger partial charge >= 0.3 is 0 Å². The molecule has 2 atom stereocenters. The van der Waals surface area contributed by atoms with Crippen LogP contribution in [-0.4, -0.2) is 5.11 Å². The van der Waals surface area contributed by atoms with E-state index >= 15 is 0 Å². The molecule has 0 unspecified atom stereocenters. The standard InChI is InChI=1S/C15H20O/c1-9(2)5-12-6-10(3)13-8-15(16)11(4)7-14(12)13/h5,7-8,10,12,16H,6H2,1-4H3/t10-,12-/m1/s1. The van der Waals surface area contributed by atoms with Crippen molar-refractivity contribution in [2.45, 2.75) is 46.0 Å². The molecule has 0 bridgehead atoms. The second-order valence-electron chi connectivity index (χ2n) is 5.25. The monoisotopic (exact) mass is 216 g/mol. The van der Waals surface area contributed by atoms with Gasteiger partial charge in [0.15, 0.2) is 0 Å². The maximum absolute atomic E-state index is 9.75. The van der Waals surface area contributed by atoms with Gasteiger partial charge in [-0.25, -0.2) is 0 Å². The summed E-state index contributed by atoms with van der Waals surface area (Å²) in [7, 11) is 0. The second kappa shape index (κ2) is 3.97. The summed E-state index contributed by atoms with van der Waals surface area (Å²) in [6, 6.07) is 4.10. The summed E-state index contributed by atoms with van der Waals surface area (Å²) in [5.41, 5.74) is 5.09. The number of hydrogen-bond donors (Lipinski definition) is 1. The van der Waals surface area contributed by atoms with Gasteiger partial charge < -0.3 is 5.11 Å². The van der Waals surface area contributed by atoms with Gasteiger partial charge in [-0.05, 0) is 55.9 Å². The quantitative estimate of drug-likeness (QED) is 0.695. The number of fused-ring (bicyclic) bond motifs is 1. The third kappa shape index (κ3) is 1.87. The molecular weight excluding hydrogens is 196 g/mol. The van der Waals surface area contributed by atoms with Crippen LogP contribution in [0.1, 0.15) is 55.7 Å². The number of benzene rings is 1. The Labute approximate surface area is 97.8 Å². The SMILES string of the molecule is CC(C)=C[C@@H]1C[C@@H](C)c2cc(O)c(C)cc21. The van der Waals surface area contributed by atoms with Gasteiger partial charge in [-0.2, -0.15) is 0 Å². The van der Waals surface area contributed by atoms with E-state index < -0.39 is 0 Å². The van der Waals surface area contributed by atoms with Crippen molar-refractivity contribution in [3.63, 3.8) is 0 Å². The molecule has 1 heteroatoms. The highest BCUT2D eigenvalue weighted by Crippen LogP contribution is 2.44. The minimum Gasteiger partial charge on any atom is -0.508 e. The predicted octanol–water partition coefficient (Wildman–Crippen LogP) is 4.26. The summed E-state index contributed by atoms with van der Waals surface area (Å²) in [5, 5.41) is 9.75. The summed E-state index contributed by atoms with van der Waals surface area (Å²) in [5.74, 6) is 1.53. The number of allylic oxidation sites excluding steroid dienone is 2. The lowest BCUT2D eigenvalue weighted by molar-refractivity contribution is 0.470. The largest absolute Gasteiger partial charge is 0.508 e. The lowest BCUT2D eigenvalue weighted by atomic mass is 9.97. The fraction of sp³-hybridized carbons (Fsp3) is 0.467. The van der Waals surface area contributed by atoms with Gasteiger partial charge in [0.05, 0.1) is 0 Å². The number of hydrogen-bond acceptors (Lipinski definition) is 1. The Morgan fingerprint density at radius 2 is 2.00 bits per heavy atom. The van der Waals surface area contributed by atoms with Crippen molar-refractivity contribution in [1.82, 2.24) is 0 Å². The zero-order chi connectivity index (χ0) is 11.9. The van der Waals surface area contributed by atoms with Crippen molar-refractivity contribution in [1.29, 1.82) is 0 Å². The highest BCUT2D eigenvalue weighted by Gasteiger charge is 2.27. The Balaban J connectivity index is 2.49. The van der Waals surface area contributed by atoms with E-state index in [0.29, 0.717) is 17.6 Å². The van der Waals surface area contributed by atoms with Gasteiger partial charge in [0.25, 0.3) is 0 Å². The first kappa shape index (κ1) is 11.3. The van der Waals surface area contributed by atoms with Crippen molar-refractivity contribution in [2.75, 3.05) is 0 Å². The van der Waals surface area contributed by atoms with Crippen LogP contribution in [0, 0.1) is 6.92 Å². The minimum absolute atomic E-state index is 0.434. The Morgan fingerprint density at radius 3 is 2.62 bits per heavy atom. The van der Waals surface area contributed by atoms with Crippen molar-refractivity contribution < 1.29 is 5.11 Å². The van der Waals surface area contributed by atoms with Gasteiger partial charge in [-0.15, -0.1) is 0 Å². The number of phenols is 1. The smallest absolute Gasteiger partial charge is 0.118 e. The van der Waals surface area contributed by atoms with Crippen molar-refractivity contribution >= 4 is 0 Å². The summed E-state index contributed by atoms with van der Waals surface area (Å²) in [6.07, 6.45) is 3.52. The number of aromatic hydroxyl groups is 1. The Hall–Kier alpha value is -1.24. The van der Waals surface area contributed by atoms with Gasteiger partial charge in [-0.3, -0.25) is 0 Å². The molecule has 0 fully saturated rings. The zero-order valence-corrected chi connectivity index (χ0v) is 10.5. The second-order valence-corrected chi connectivity index (χ2v) is 5.25. The first-order valence-electron chi connectivity index (χ1n) is 5.97. The molecule has 0 amide bonds. The molecular formula is C15H20O. The molecule has 0 saturated heterocycles. The van der Waals surface area contributed by atoms with E-state index in [0.717, 1.165) is 5.56 Å². The molecule has 0 aromatic heterocycles. The third-order valence-electron chi connectivity index (χ3n) is 3.47. The molecule has 1 aromatic rings. The minimum atomic E-state index is 0.434. The van der Waals surface area contributed by atoms with Crippen molar-refractivity contribution in [3.8, 4) is 5.75 Å². The van der Waals surface area contributed by atoms with E-state index in [2.05, 4.69) is 32.9 Å². The van der Waals surface area contributed by atoms with E-state index in [1.54, 1.807) is 0 Å². The molecule has 0 saturated carbocycles. The fourth-order valence-electron chi connectivity index (χ4n) is 2.68. The van der Waals surface area contributed by atoms with E-state index in [9.17, 15) is 5.11 Å². The zero-order valence-electron chi connectivity index (χ0n) is 10.5.